The first-order chi connectivity index (χ1) is 5.97. The van der Waals surface area contributed by atoms with Crippen LogP contribution in [0.3, 0.4) is 0 Å². The molecule has 0 aliphatic heterocycles. The summed E-state index contributed by atoms with van der Waals surface area (Å²) in [7, 11) is 0. The van der Waals surface area contributed by atoms with Crippen molar-refractivity contribution in [1.29, 1.82) is 0 Å². The summed E-state index contributed by atoms with van der Waals surface area (Å²) in [5.74, 6) is -3.21. The molecule has 76 valence electrons. The summed E-state index contributed by atoms with van der Waals surface area (Å²) >= 11 is 0. The molecule has 4 heteroatoms. The van der Waals surface area contributed by atoms with Gasteiger partial charge in [0.2, 0.25) is 5.91 Å². The zero-order chi connectivity index (χ0) is 10.1. The summed E-state index contributed by atoms with van der Waals surface area (Å²) in [6.07, 6.45) is 0.762. The fourth-order valence-electron chi connectivity index (χ4n) is 1.38. The van der Waals surface area contributed by atoms with Crippen molar-refractivity contribution < 1.29 is 13.6 Å². The van der Waals surface area contributed by atoms with Gasteiger partial charge in [-0.3, -0.25) is 4.79 Å². The smallest absolute Gasteiger partial charge is 0.253 e. The van der Waals surface area contributed by atoms with Crippen LogP contribution in [-0.2, 0) is 4.79 Å². The van der Waals surface area contributed by atoms with Gasteiger partial charge in [-0.2, -0.15) is 0 Å². The Labute approximate surface area is 76.9 Å². The maximum atomic E-state index is 12.5. The highest BCUT2D eigenvalue weighted by atomic mass is 19.3. The highest BCUT2D eigenvalue weighted by molar-refractivity contribution is 5.73. The van der Waals surface area contributed by atoms with Gasteiger partial charge in [0.15, 0.2) is 0 Å². The number of alkyl halides is 2. The molecule has 1 aliphatic carbocycles. The Morgan fingerprint density at radius 3 is 2.46 bits per heavy atom. The number of carbonyl (C=O) groups is 1. The molecular formula is C9H15F2NO. The SMILES string of the molecule is CCCN(CC1CC1(F)F)C(C)=O. The van der Waals surface area contributed by atoms with E-state index in [0.717, 1.165) is 6.42 Å². The zero-order valence-corrected chi connectivity index (χ0v) is 8.02. The molecule has 1 atom stereocenters. The molecule has 13 heavy (non-hydrogen) atoms. The van der Waals surface area contributed by atoms with Crippen LogP contribution in [-0.4, -0.2) is 29.8 Å². The van der Waals surface area contributed by atoms with E-state index in [1.165, 1.54) is 11.8 Å². The van der Waals surface area contributed by atoms with Gasteiger partial charge in [0.25, 0.3) is 5.92 Å². The molecule has 1 amide bonds. The predicted octanol–water partition coefficient (Wildman–Crippen LogP) is 1.90. The van der Waals surface area contributed by atoms with Gasteiger partial charge in [-0.25, -0.2) is 8.78 Å². The molecule has 0 saturated heterocycles. The Hall–Kier alpha value is -0.670. The van der Waals surface area contributed by atoms with Gasteiger partial charge in [-0.05, 0) is 6.42 Å². The van der Waals surface area contributed by atoms with Crippen LogP contribution in [0, 0.1) is 5.92 Å². The van der Waals surface area contributed by atoms with Crippen LogP contribution in [0.25, 0.3) is 0 Å². The van der Waals surface area contributed by atoms with Crippen LogP contribution < -0.4 is 0 Å². The highest BCUT2D eigenvalue weighted by Gasteiger charge is 2.57. The molecule has 1 rings (SSSR count). The van der Waals surface area contributed by atoms with Crippen molar-refractivity contribution in [3.63, 3.8) is 0 Å². The maximum Gasteiger partial charge on any atom is 0.253 e. The van der Waals surface area contributed by atoms with E-state index >= 15 is 0 Å². The van der Waals surface area contributed by atoms with Crippen molar-refractivity contribution in [2.75, 3.05) is 13.1 Å². The lowest BCUT2D eigenvalue weighted by Gasteiger charge is -2.19. The number of rotatable bonds is 4. The second kappa shape index (κ2) is 3.60. The lowest BCUT2D eigenvalue weighted by Crippen LogP contribution is -2.32. The molecule has 1 aliphatic rings. The molecule has 0 heterocycles. The van der Waals surface area contributed by atoms with Crippen molar-refractivity contribution >= 4 is 5.91 Å². The molecule has 0 aromatic heterocycles. The van der Waals surface area contributed by atoms with Crippen molar-refractivity contribution in [2.45, 2.75) is 32.6 Å². The minimum Gasteiger partial charge on any atom is -0.342 e. The van der Waals surface area contributed by atoms with E-state index in [0.29, 0.717) is 6.54 Å². The molecule has 0 bridgehead atoms. The normalized spacial score (nSPS) is 24.2. The van der Waals surface area contributed by atoms with E-state index in [1.807, 2.05) is 6.92 Å². The third-order valence-electron chi connectivity index (χ3n) is 2.34. The van der Waals surface area contributed by atoms with E-state index in [-0.39, 0.29) is 18.9 Å². The molecule has 0 spiro atoms. The molecule has 1 saturated carbocycles. The second-order valence-electron chi connectivity index (χ2n) is 3.63. The van der Waals surface area contributed by atoms with Crippen LogP contribution >= 0.6 is 0 Å². The Morgan fingerprint density at radius 1 is 1.62 bits per heavy atom. The van der Waals surface area contributed by atoms with Crippen molar-refractivity contribution in [2.24, 2.45) is 5.92 Å². The van der Waals surface area contributed by atoms with Crippen LogP contribution in [0.1, 0.15) is 26.7 Å². The molecule has 1 unspecified atom stereocenters. The zero-order valence-electron chi connectivity index (χ0n) is 8.02. The van der Waals surface area contributed by atoms with Crippen molar-refractivity contribution in [1.82, 2.24) is 4.90 Å². The van der Waals surface area contributed by atoms with E-state index in [9.17, 15) is 13.6 Å². The van der Waals surface area contributed by atoms with Gasteiger partial charge in [0, 0.05) is 32.4 Å². The standard InChI is InChI=1S/C9H15F2NO/c1-3-4-12(7(2)13)6-8-5-9(8,10)11/h8H,3-6H2,1-2H3. The second-order valence-corrected chi connectivity index (χ2v) is 3.63. The Morgan fingerprint density at radius 2 is 2.15 bits per heavy atom. The van der Waals surface area contributed by atoms with Gasteiger partial charge in [0.1, 0.15) is 0 Å². The number of hydrogen-bond acceptors (Lipinski definition) is 1. The van der Waals surface area contributed by atoms with Crippen LogP contribution in [0.5, 0.6) is 0 Å². The molecule has 0 N–H and O–H groups in total. The molecule has 2 nitrogen and oxygen atoms in total. The lowest BCUT2D eigenvalue weighted by atomic mass is 10.3. The quantitative estimate of drug-likeness (QED) is 0.664. The fourth-order valence-corrected chi connectivity index (χ4v) is 1.38. The Kier molecular flexibility index (Phi) is 2.88. The number of halogens is 2. The number of carbonyl (C=O) groups excluding carboxylic acids is 1. The van der Waals surface area contributed by atoms with Gasteiger partial charge < -0.3 is 4.90 Å². The minimum absolute atomic E-state index is 0.0551. The highest BCUT2D eigenvalue weighted by Crippen LogP contribution is 2.48. The van der Waals surface area contributed by atoms with E-state index in [4.69, 9.17) is 0 Å². The van der Waals surface area contributed by atoms with Crippen molar-refractivity contribution in [3.8, 4) is 0 Å². The van der Waals surface area contributed by atoms with Crippen LogP contribution in [0.2, 0.25) is 0 Å². The van der Waals surface area contributed by atoms with E-state index in [1.54, 1.807) is 0 Å². The average Bonchev–Trinajstić information content (AvgIpc) is 2.58. The summed E-state index contributed by atoms with van der Waals surface area (Å²) in [4.78, 5) is 12.5. The molecular weight excluding hydrogens is 176 g/mol. The average molecular weight is 191 g/mol. The lowest BCUT2D eigenvalue weighted by molar-refractivity contribution is -0.129. The third kappa shape index (κ3) is 2.64. The largest absolute Gasteiger partial charge is 0.342 e. The first kappa shape index (κ1) is 10.4. The molecule has 1 fully saturated rings. The third-order valence-corrected chi connectivity index (χ3v) is 2.34. The molecule has 0 radical (unpaired) electrons. The summed E-state index contributed by atoms with van der Waals surface area (Å²) in [5, 5.41) is 0. The Balaban J connectivity index is 2.36. The van der Waals surface area contributed by atoms with Crippen molar-refractivity contribution in [3.05, 3.63) is 0 Å². The monoisotopic (exact) mass is 191 g/mol. The van der Waals surface area contributed by atoms with E-state index in [2.05, 4.69) is 0 Å². The molecule has 0 aromatic rings. The first-order valence-corrected chi connectivity index (χ1v) is 4.60. The summed E-state index contributed by atoms with van der Waals surface area (Å²) in [6, 6.07) is 0. The topological polar surface area (TPSA) is 20.3 Å². The van der Waals surface area contributed by atoms with E-state index < -0.39 is 11.8 Å². The fraction of sp³-hybridized carbons (Fsp3) is 0.889. The predicted molar refractivity (Wildman–Crippen MR) is 45.6 cm³/mol. The number of hydrogen-bond donors (Lipinski definition) is 0. The van der Waals surface area contributed by atoms with Gasteiger partial charge in [-0.1, -0.05) is 6.92 Å². The summed E-state index contributed by atoms with van der Waals surface area (Å²) < 4.78 is 25.0. The maximum absolute atomic E-state index is 12.5. The number of nitrogens with zero attached hydrogens (tertiary/aromatic N) is 1. The summed E-state index contributed by atoms with van der Waals surface area (Å²) in [6.45, 7) is 4.16. The number of amides is 1. The Bertz CT molecular complexity index is 206. The first-order valence-electron chi connectivity index (χ1n) is 4.60. The molecule has 0 aromatic carbocycles. The van der Waals surface area contributed by atoms with Gasteiger partial charge in [0.05, 0.1) is 0 Å². The van der Waals surface area contributed by atoms with Crippen LogP contribution in [0.15, 0.2) is 0 Å². The van der Waals surface area contributed by atoms with Gasteiger partial charge in [-0.15, -0.1) is 0 Å². The van der Waals surface area contributed by atoms with Crippen LogP contribution in [0.4, 0.5) is 8.78 Å². The summed E-state index contributed by atoms with van der Waals surface area (Å²) in [5.41, 5.74) is 0. The van der Waals surface area contributed by atoms with Gasteiger partial charge >= 0.3 is 0 Å². The minimum atomic E-state index is -2.51.